The van der Waals surface area contributed by atoms with E-state index < -0.39 is 5.91 Å². The Morgan fingerprint density at radius 3 is 2.69 bits per heavy atom. The SMILES string of the molecule is NC(=O)C#Cc1cc(Cl)ccc1Cl. The third kappa shape index (κ3) is 2.98. The minimum Gasteiger partial charge on any atom is -0.359 e. The first-order chi connectivity index (χ1) is 6.09. The molecule has 0 saturated carbocycles. The molecule has 0 aliphatic rings. The maximum atomic E-state index is 10.3. The van der Waals surface area contributed by atoms with Crippen LogP contribution in [0.3, 0.4) is 0 Å². The van der Waals surface area contributed by atoms with Gasteiger partial charge < -0.3 is 5.73 Å². The number of carbonyl (C=O) groups is 1. The molecule has 66 valence electrons. The topological polar surface area (TPSA) is 43.1 Å². The van der Waals surface area contributed by atoms with E-state index in [4.69, 9.17) is 28.9 Å². The highest BCUT2D eigenvalue weighted by Gasteiger charge is 1.97. The summed E-state index contributed by atoms with van der Waals surface area (Å²) in [6.45, 7) is 0. The number of hydrogen-bond acceptors (Lipinski definition) is 1. The molecule has 0 saturated heterocycles. The Morgan fingerprint density at radius 2 is 2.08 bits per heavy atom. The van der Waals surface area contributed by atoms with Gasteiger partial charge in [-0.25, -0.2) is 0 Å². The Labute approximate surface area is 85.6 Å². The molecular weight excluding hydrogens is 209 g/mol. The fourth-order valence-corrected chi connectivity index (χ4v) is 1.06. The number of halogens is 2. The predicted octanol–water partition coefficient (Wildman–Crippen LogP) is 1.83. The van der Waals surface area contributed by atoms with E-state index in [-0.39, 0.29) is 0 Å². The Hall–Kier alpha value is -1.17. The average molecular weight is 214 g/mol. The zero-order valence-corrected chi connectivity index (χ0v) is 7.99. The summed E-state index contributed by atoms with van der Waals surface area (Å²) in [5, 5.41) is 0.955. The molecule has 0 heterocycles. The van der Waals surface area contributed by atoms with Crippen LogP contribution >= 0.6 is 23.2 Å². The molecule has 13 heavy (non-hydrogen) atoms. The maximum Gasteiger partial charge on any atom is 0.293 e. The van der Waals surface area contributed by atoms with E-state index in [1.165, 1.54) is 0 Å². The van der Waals surface area contributed by atoms with E-state index in [9.17, 15) is 4.79 Å². The first-order valence-corrected chi connectivity index (χ1v) is 4.11. The highest BCUT2D eigenvalue weighted by molar-refractivity contribution is 6.33. The largest absolute Gasteiger partial charge is 0.359 e. The first-order valence-electron chi connectivity index (χ1n) is 3.36. The minimum absolute atomic E-state index is 0.443. The zero-order chi connectivity index (χ0) is 9.84. The van der Waals surface area contributed by atoms with Crippen molar-refractivity contribution in [2.24, 2.45) is 5.73 Å². The quantitative estimate of drug-likeness (QED) is 0.657. The smallest absolute Gasteiger partial charge is 0.293 e. The molecule has 1 amide bonds. The molecular formula is C9H5Cl2NO. The lowest BCUT2D eigenvalue weighted by atomic mass is 10.2. The van der Waals surface area contributed by atoms with Gasteiger partial charge in [-0.05, 0) is 18.2 Å². The van der Waals surface area contributed by atoms with Crippen molar-refractivity contribution in [3.8, 4) is 11.8 Å². The second-order valence-corrected chi connectivity index (χ2v) is 3.08. The number of rotatable bonds is 0. The second kappa shape index (κ2) is 4.18. The molecule has 0 atom stereocenters. The van der Waals surface area contributed by atoms with Gasteiger partial charge in [-0.15, -0.1) is 0 Å². The van der Waals surface area contributed by atoms with Crippen molar-refractivity contribution in [3.63, 3.8) is 0 Å². The Morgan fingerprint density at radius 1 is 1.38 bits per heavy atom. The Kier molecular flexibility index (Phi) is 3.18. The fourth-order valence-electron chi connectivity index (χ4n) is 0.722. The van der Waals surface area contributed by atoms with Crippen molar-refractivity contribution in [2.45, 2.75) is 0 Å². The van der Waals surface area contributed by atoms with E-state index in [0.29, 0.717) is 15.6 Å². The summed E-state index contributed by atoms with van der Waals surface area (Å²) in [5.74, 6) is 3.99. The van der Waals surface area contributed by atoms with Gasteiger partial charge in [-0.2, -0.15) is 0 Å². The van der Waals surface area contributed by atoms with Crippen LogP contribution < -0.4 is 5.73 Å². The molecule has 1 aromatic rings. The highest BCUT2D eigenvalue weighted by atomic mass is 35.5. The molecule has 2 nitrogen and oxygen atoms in total. The van der Waals surface area contributed by atoms with Crippen molar-refractivity contribution in [1.29, 1.82) is 0 Å². The van der Waals surface area contributed by atoms with Gasteiger partial charge in [0.1, 0.15) is 0 Å². The molecule has 0 fully saturated rings. The second-order valence-electron chi connectivity index (χ2n) is 2.24. The number of carbonyl (C=O) groups excluding carboxylic acids is 1. The summed E-state index contributed by atoms with van der Waals surface area (Å²) in [5.41, 5.74) is 5.33. The third-order valence-corrected chi connectivity index (χ3v) is 1.81. The summed E-state index contributed by atoms with van der Waals surface area (Å²) < 4.78 is 0. The van der Waals surface area contributed by atoms with Crippen molar-refractivity contribution in [3.05, 3.63) is 33.8 Å². The van der Waals surface area contributed by atoms with E-state index in [2.05, 4.69) is 11.8 Å². The van der Waals surface area contributed by atoms with Crippen molar-refractivity contribution >= 4 is 29.1 Å². The van der Waals surface area contributed by atoms with Crippen LogP contribution in [0.1, 0.15) is 5.56 Å². The van der Waals surface area contributed by atoms with Crippen molar-refractivity contribution < 1.29 is 4.79 Å². The average Bonchev–Trinajstić information content (AvgIpc) is 2.06. The van der Waals surface area contributed by atoms with E-state index in [1.807, 2.05) is 0 Å². The van der Waals surface area contributed by atoms with Gasteiger partial charge in [0, 0.05) is 16.5 Å². The lowest BCUT2D eigenvalue weighted by Gasteiger charge is -1.94. The summed E-state index contributed by atoms with van der Waals surface area (Å²) in [7, 11) is 0. The fraction of sp³-hybridized carbons (Fsp3) is 0. The molecule has 0 radical (unpaired) electrons. The lowest BCUT2D eigenvalue weighted by Crippen LogP contribution is -2.06. The molecule has 1 rings (SSSR count). The van der Waals surface area contributed by atoms with Crippen LogP contribution in [0.15, 0.2) is 18.2 Å². The zero-order valence-electron chi connectivity index (χ0n) is 6.47. The van der Waals surface area contributed by atoms with Crippen LogP contribution in [0, 0.1) is 11.8 Å². The number of hydrogen-bond donors (Lipinski definition) is 1. The van der Waals surface area contributed by atoms with Gasteiger partial charge in [0.05, 0.1) is 5.02 Å². The van der Waals surface area contributed by atoms with Gasteiger partial charge in [0.2, 0.25) is 0 Å². The summed E-state index contributed by atoms with van der Waals surface area (Å²) >= 11 is 11.5. The van der Waals surface area contributed by atoms with Crippen molar-refractivity contribution in [1.82, 2.24) is 0 Å². The van der Waals surface area contributed by atoms with E-state index in [0.717, 1.165) is 0 Å². The van der Waals surface area contributed by atoms with Gasteiger partial charge in [0.15, 0.2) is 0 Å². The maximum absolute atomic E-state index is 10.3. The minimum atomic E-state index is -0.698. The Balaban J connectivity index is 3.09. The van der Waals surface area contributed by atoms with Gasteiger partial charge in [-0.3, -0.25) is 4.79 Å². The number of amides is 1. The van der Waals surface area contributed by atoms with Crippen LogP contribution in [0.4, 0.5) is 0 Å². The molecule has 0 aliphatic carbocycles. The van der Waals surface area contributed by atoms with Crippen LogP contribution in [-0.4, -0.2) is 5.91 Å². The number of primary amides is 1. The van der Waals surface area contributed by atoms with Crippen LogP contribution in [0.25, 0.3) is 0 Å². The van der Waals surface area contributed by atoms with Crippen LogP contribution in [-0.2, 0) is 4.79 Å². The van der Waals surface area contributed by atoms with Gasteiger partial charge >= 0.3 is 0 Å². The first kappa shape index (κ1) is 9.91. The number of nitrogens with two attached hydrogens (primary N) is 1. The summed E-state index contributed by atoms with van der Waals surface area (Å²) in [6.07, 6.45) is 0. The number of benzene rings is 1. The predicted molar refractivity (Wildman–Crippen MR) is 52.5 cm³/mol. The van der Waals surface area contributed by atoms with Gasteiger partial charge in [-0.1, -0.05) is 29.1 Å². The molecule has 0 spiro atoms. The summed E-state index contributed by atoms with van der Waals surface area (Å²) in [6, 6.07) is 4.81. The molecule has 0 aromatic heterocycles. The molecule has 0 bridgehead atoms. The third-order valence-electron chi connectivity index (χ3n) is 1.25. The molecule has 1 aromatic carbocycles. The van der Waals surface area contributed by atoms with Crippen LogP contribution in [0.2, 0.25) is 10.0 Å². The monoisotopic (exact) mass is 213 g/mol. The normalized spacial score (nSPS) is 8.77. The summed E-state index contributed by atoms with van der Waals surface area (Å²) in [4.78, 5) is 10.3. The Bertz CT molecular complexity index is 404. The molecule has 0 unspecified atom stereocenters. The van der Waals surface area contributed by atoms with E-state index >= 15 is 0 Å². The lowest BCUT2D eigenvalue weighted by molar-refractivity contribution is -0.112. The van der Waals surface area contributed by atoms with E-state index in [1.54, 1.807) is 18.2 Å². The molecule has 0 aliphatic heterocycles. The van der Waals surface area contributed by atoms with Gasteiger partial charge in [0.25, 0.3) is 5.91 Å². The molecule has 4 heteroatoms. The standard InChI is InChI=1S/C9H5Cl2NO/c10-7-2-3-8(11)6(5-7)1-4-9(12)13/h2-3,5H,(H2,12,13). The molecule has 2 N–H and O–H groups in total. The highest BCUT2D eigenvalue weighted by Crippen LogP contribution is 2.19. The van der Waals surface area contributed by atoms with Crippen molar-refractivity contribution in [2.75, 3.05) is 0 Å². The van der Waals surface area contributed by atoms with Crippen LogP contribution in [0.5, 0.6) is 0 Å².